The number of rotatable bonds is 6. The molecule has 0 saturated heterocycles. The highest BCUT2D eigenvalue weighted by Gasteiger charge is 2.13. The first-order chi connectivity index (χ1) is 8.92. The molecule has 0 bridgehead atoms. The van der Waals surface area contributed by atoms with Crippen molar-refractivity contribution < 1.29 is 9.90 Å². The number of aromatic nitrogens is 2. The third-order valence-corrected chi connectivity index (χ3v) is 2.70. The van der Waals surface area contributed by atoms with E-state index in [9.17, 15) is 9.90 Å². The largest absolute Gasteiger partial charge is 0.394 e. The molecule has 0 aromatic carbocycles. The van der Waals surface area contributed by atoms with Crippen molar-refractivity contribution in [1.82, 2.24) is 15.1 Å². The summed E-state index contributed by atoms with van der Waals surface area (Å²) in [7, 11) is 0. The van der Waals surface area contributed by atoms with E-state index in [1.807, 2.05) is 13.8 Å². The highest BCUT2D eigenvalue weighted by Crippen LogP contribution is 2.10. The predicted octanol–water partition coefficient (Wildman–Crippen LogP) is 1.99. The molecule has 3 N–H and O–H groups in total. The topological polar surface area (TPSA) is 79.2 Å². The molecule has 0 fully saturated rings. The van der Waals surface area contributed by atoms with Gasteiger partial charge in [0.05, 0.1) is 24.5 Å². The molecular weight excluding hydrogens is 244 g/mol. The quantitative estimate of drug-likeness (QED) is 0.738. The number of urea groups is 1. The Bertz CT molecular complexity index is 401. The van der Waals surface area contributed by atoms with Gasteiger partial charge in [0.15, 0.2) is 0 Å². The van der Waals surface area contributed by atoms with Gasteiger partial charge in [-0.2, -0.15) is 5.10 Å². The zero-order valence-corrected chi connectivity index (χ0v) is 12.1. The highest BCUT2D eigenvalue weighted by molar-refractivity contribution is 5.89. The molecule has 1 unspecified atom stereocenters. The normalized spacial score (nSPS) is 12.8. The minimum absolute atomic E-state index is 0.0587. The highest BCUT2D eigenvalue weighted by atomic mass is 16.3. The van der Waals surface area contributed by atoms with Gasteiger partial charge in [0.2, 0.25) is 0 Å². The van der Waals surface area contributed by atoms with Crippen LogP contribution in [0.4, 0.5) is 10.5 Å². The van der Waals surface area contributed by atoms with Crippen molar-refractivity contribution in [2.24, 2.45) is 5.92 Å². The van der Waals surface area contributed by atoms with Crippen molar-refractivity contribution in [3.05, 3.63) is 12.4 Å². The number of carbonyl (C=O) groups is 1. The summed E-state index contributed by atoms with van der Waals surface area (Å²) in [5.74, 6) is 0.418. The lowest BCUT2D eigenvalue weighted by molar-refractivity contribution is 0.214. The van der Waals surface area contributed by atoms with E-state index in [4.69, 9.17) is 0 Å². The molecule has 0 aliphatic carbocycles. The van der Waals surface area contributed by atoms with Gasteiger partial charge in [0.25, 0.3) is 0 Å². The van der Waals surface area contributed by atoms with Crippen LogP contribution in [0, 0.1) is 5.92 Å². The van der Waals surface area contributed by atoms with E-state index in [2.05, 4.69) is 29.6 Å². The molecule has 0 saturated carbocycles. The standard InChI is InChI=1S/C13H24N4O2/c1-9(2)5-11(8-18)15-13(19)16-12-6-14-17(7-12)10(3)4/h6-7,9-11,18H,5,8H2,1-4H3,(H2,15,16,19). The molecule has 1 heterocycles. The van der Waals surface area contributed by atoms with Crippen molar-refractivity contribution in [2.45, 2.75) is 46.2 Å². The summed E-state index contributed by atoms with van der Waals surface area (Å²) in [6.45, 7) is 8.07. The minimum atomic E-state index is -0.317. The lowest BCUT2D eigenvalue weighted by Crippen LogP contribution is -2.40. The molecule has 0 aliphatic rings. The number of carbonyl (C=O) groups excluding carboxylic acids is 1. The second kappa shape index (κ2) is 7.13. The average Bonchev–Trinajstić information content (AvgIpc) is 2.75. The molecule has 6 nitrogen and oxygen atoms in total. The first-order valence-corrected chi connectivity index (χ1v) is 6.65. The summed E-state index contributed by atoms with van der Waals surface area (Å²) in [5.41, 5.74) is 0.646. The Kier molecular flexibility index (Phi) is 5.82. The first-order valence-electron chi connectivity index (χ1n) is 6.65. The Hall–Kier alpha value is -1.56. The molecule has 0 aliphatic heterocycles. The first kappa shape index (κ1) is 15.5. The summed E-state index contributed by atoms with van der Waals surface area (Å²) in [6, 6.07) is -0.284. The van der Waals surface area contributed by atoms with Gasteiger partial charge < -0.3 is 15.7 Å². The second-order valence-electron chi connectivity index (χ2n) is 5.41. The molecule has 0 spiro atoms. The number of nitrogens with zero attached hydrogens (tertiary/aromatic N) is 2. The van der Waals surface area contributed by atoms with Gasteiger partial charge in [0.1, 0.15) is 0 Å². The fourth-order valence-corrected chi connectivity index (χ4v) is 1.79. The summed E-state index contributed by atoms with van der Waals surface area (Å²) < 4.78 is 1.77. The van der Waals surface area contributed by atoms with Crippen molar-refractivity contribution in [1.29, 1.82) is 0 Å². The Morgan fingerprint density at radius 1 is 1.42 bits per heavy atom. The van der Waals surface area contributed by atoms with Crippen LogP contribution in [0.3, 0.4) is 0 Å². The fourth-order valence-electron chi connectivity index (χ4n) is 1.79. The fraction of sp³-hybridized carbons (Fsp3) is 0.692. The molecule has 19 heavy (non-hydrogen) atoms. The molecular formula is C13H24N4O2. The Labute approximate surface area is 114 Å². The van der Waals surface area contributed by atoms with Crippen LogP contribution < -0.4 is 10.6 Å². The SMILES string of the molecule is CC(C)CC(CO)NC(=O)Nc1cnn(C(C)C)c1. The maximum atomic E-state index is 11.8. The van der Waals surface area contributed by atoms with Crippen LogP contribution in [-0.4, -0.2) is 33.6 Å². The third kappa shape index (κ3) is 5.30. The number of anilines is 1. The number of amides is 2. The Morgan fingerprint density at radius 3 is 2.58 bits per heavy atom. The molecule has 1 rings (SSSR count). The average molecular weight is 268 g/mol. The van der Waals surface area contributed by atoms with E-state index in [-0.39, 0.29) is 24.7 Å². The van der Waals surface area contributed by atoms with Gasteiger partial charge in [-0.05, 0) is 26.2 Å². The van der Waals surface area contributed by atoms with E-state index in [1.165, 1.54) is 0 Å². The summed E-state index contributed by atoms with van der Waals surface area (Å²) >= 11 is 0. The zero-order valence-electron chi connectivity index (χ0n) is 12.1. The van der Waals surface area contributed by atoms with Crippen molar-refractivity contribution in [2.75, 3.05) is 11.9 Å². The van der Waals surface area contributed by atoms with Gasteiger partial charge >= 0.3 is 6.03 Å². The maximum absolute atomic E-state index is 11.8. The molecule has 2 amide bonds. The lowest BCUT2D eigenvalue weighted by atomic mass is 10.0. The number of nitrogens with one attached hydrogen (secondary N) is 2. The predicted molar refractivity (Wildman–Crippen MR) is 75.1 cm³/mol. The van der Waals surface area contributed by atoms with Crippen molar-refractivity contribution in [3.8, 4) is 0 Å². The van der Waals surface area contributed by atoms with Crippen LogP contribution in [0.1, 0.15) is 40.2 Å². The maximum Gasteiger partial charge on any atom is 0.319 e. The molecule has 1 aromatic heterocycles. The summed E-state index contributed by atoms with van der Waals surface area (Å²) in [5, 5.41) is 18.8. The van der Waals surface area contributed by atoms with Crippen molar-refractivity contribution >= 4 is 11.7 Å². The van der Waals surface area contributed by atoms with Crippen molar-refractivity contribution in [3.63, 3.8) is 0 Å². The summed E-state index contributed by atoms with van der Waals surface area (Å²) in [4.78, 5) is 11.8. The van der Waals surface area contributed by atoms with E-state index in [0.717, 1.165) is 6.42 Å². The minimum Gasteiger partial charge on any atom is -0.394 e. The monoisotopic (exact) mass is 268 g/mol. The van der Waals surface area contributed by atoms with Gasteiger partial charge in [-0.15, -0.1) is 0 Å². The van der Waals surface area contributed by atoms with Crippen LogP contribution in [0.15, 0.2) is 12.4 Å². The number of aliphatic hydroxyl groups is 1. The Balaban J connectivity index is 2.49. The number of hydrogen-bond acceptors (Lipinski definition) is 3. The van der Waals surface area contributed by atoms with Gasteiger partial charge in [-0.3, -0.25) is 4.68 Å². The zero-order chi connectivity index (χ0) is 14.4. The number of aliphatic hydroxyl groups excluding tert-OH is 1. The lowest BCUT2D eigenvalue weighted by Gasteiger charge is -2.18. The third-order valence-electron chi connectivity index (χ3n) is 2.70. The van der Waals surface area contributed by atoms with E-state index in [1.54, 1.807) is 17.1 Å². The summed E-state index contributed by atoms with van der Waals surface area (Å²) in [6.07, 6.45) is 4.13. The van der Waals surface area contributed by atoms with E-state index < -0.39 is 0 Å². The molecule has 108 valence electrons. The van der Waals surface area contributed by atoms with Crippen LogP contribution >= 0.6 is 0 Å². The van der Waals surface area contributed by atoms with Crippen LogP contribution in [-0.2, 0) is 0 Å². The van der Waals surface area contributed by atoms with Crippen LogP contribution in [0.5, 0.6) is 0 Å². The molecule has 6 heteroatoms. The van der Waals surface area contributed by atoms with Crippen LogP contribution in [0.2, 0.25) is 0 Å². The second-order valence-corrected chi connectivity index (χ2v) is 5.41. The smallest absolute Gasteiger partial charge is 0.319 e. The Morgan fingerprint density at radius 2 is 2.11 bits per heavy atom. The molecule has 0 radical (unpaired) electrons. The van der Waals surface area contributed by atoms with E-state index in [0.29, 0.717) is 11.6 Å². The number of hydrogen-bond donors (Lipinski definition) is 3. The van der Waals surface area contributed by atoms with Gasteiger partial charge in [-0.25, -0.2) is 4.79 Å². The van der Waals surface area contributed by atoms with Crippen LogP contribution in [0.25, 0.3) is 0 Å². The molecule has 1 atom stereocenters. The van der Waals surface area contributed by atoms with Gasteiger partial charge in [0, 0.05) is 12.2 Å². The van der Waals surface area contributed by atoms with Gasteiger partial charge in [-0.1, -0.05) is 13.8 Å². The molecule has 1 aromatic rings. The van der Waals surface area contributed by atoms with E-state index >= 15 is 0 Å².